The van der Waals surface area contributed by atoms with E-state index in [-0.39, 0.29) is 5.91 Å². The van der Waals surface area contributed by atoms with E-state index < -0.39 is 0 Å². The molecule has 1 amide bonds. The largest absolute Gasteiger partial charge is 0.398 e. The van der Waals surface area contributed by atoms with Crippen LogP contribution in [0, 0.1) is 0 Å². The molecule has 0 radical (unpaired) electrons. The average Bonchev–Trinajstić information content (AvgIpc) is 2.81. The Morgan fingerprint density at radius 3 is 2.79 bits per heavy atom. The minimum Gasteiger partial charge on any atom is -0.398 e. The van der Waals surface area contributed by atoms with Gasteiger partial charge in [-0.15, -0.1) is 11.3 Å². The molecular weight excluding hydrogens is 258 g/mol. The van der Waals surface area contributed by atoms with Gasteiger partial charge in [0.05, 0.1) is 6.54 Å². The Labute approximate surface area is 116 Å². The van der Waals surface area contributed by atoms with Crippen LogP contribution in [0.5, 0.6) is 0 Å². The summed E-state index contributed by atoms with van der Waals surface area (Å²) in [5, 5.41) is 5.25. The van der Waals surface area contributed by atoms with Crippen LogP contribution < -0.4 is 11.1 Å². The van der Waals surface area contributed by atoms with Gasteiger partial charge in [-0.05, 0) is 29.6 Å². The fourth-order valence-corrected chi connectivity index (χ4v) is 2.44. The van der Waals surface area contributed by atoms with Crippen LogP contribution in [0.1, 0.15) is 15.2 Å². The SMILES string of the molecule is CN(C)C(=O)c1cccc(NCc2sccc2N)c1. The van der Waals surface area contributed by atoms with E-state index in [1.165, 1.54) is 0 Å². The van der Waals surface area contributed by atoms with Gasteiger partial charge in [-0.3, -0.25) is 4.79 Å². The van der Waals surface area contributed by atoms with Gasteiger partial charge in [-0.25, -0.2) is 0 Å². The molecule has 0 aliphatic rings. The van der Waals surface area contributed by atoms with Crippen LogP contribution in [0.15, 0.2) is 35.7 Å². The second-order valence-corrected chi connectivity index (χ2v) is 5.43. The first-order valence-electron chi connectivity index (χ1n) is 5.95. The molecule has 4 nitrogen and oxygen atoms in total. The van der Waals surface area contributed by atoms with Gasteiger partial charge in [-0.1, -0.05) is 6.07 Å². The van der Waals surface area contributed by atoms with Gasteiger partial charge < -0.3 is 16.0 Å². The van der Waals surface area contributed by atoms with Gasteiger partial charge in [0.1, 0.15) is 0 Å². The van der Waals surface area contributed by atoms with Crippen LogP contribution in [0.25, 0.3) is 0 Å². The molecule has 0 saturated heterocycles. The summed E-state index contributed by atoms with van der Waals surface area (Å²) in [5.41, 5.74) is 8.23. The lowest BCUT2D eigenvalue weighted by Crippen LogP contribution is -2.21. The molecule has 19 heavy (non-hydrogen) atoms. The fraction of sp³-hybridized carbons (Fsp3) is 0.214. The molecule has 2 rings (SSSR count). The number of carbonyl (C=O) groups excluding carboxylic acids is 1. The first-order chi connectivity index (χ1) is 9.08. The van der Waals surface area contributed by atoms with Crippen LogP contribution in [0.4, 0.5) is 11.4 Å². The third kappa shape index (κ3) is 3.26. The number of nitrogens with two attached hydrogens (primary N) is 1. The number of benzene rings is 1. The topological polar surface area (TPSA) is 58.4 Å². The molecule has 0 atom stereocenters. The van der Waals surface area contributed by atoms with Gasteiger partial charge in [0.15, 0.2) is 0 Å². The molecule has 0 fully saturated rings. The Hall–Kier alpha value is -2.01. The summed E-state index contributed by atoms with van der Waals surface area (Å²) in [6, 6.07) is 9.37. The summed E-state index contributed by atoms with van der Waals surface area (Å²) < 4.78 is 0. The first-order valence-corrected chi connectivity index (χ1v) is 6.83. The van der Waals surface area contributed by atoms with E-state index in [1.54, 1.807) is 30.3 Å². The smallest absolute Gasteiger partial charge is 0.253 e. The molecule has 0 aliphatic heterocycles. The molecule has 0 bridgehead atoms. The van der Waals surface area contributed by atoms with Crippen LogP contribution in [-0.4, -0.2) is 24.9 Å². The molecule has 0 aliphatic carbocycles. The number of rotatable bonds is 4. The molecule has 1 aromatic heterocycles. The maximum absolute atomic E-state index is 11.9. The van der Waals surface area contributed by atoms with Crippen molar-refractivity contribution in [3.8, 4) is 0 Å². The number of nitrogen functional groups attached to an aromatic ring is 1. The lowest BCUT2D eigenvalue weighted by molar-refractivity contribution is 0.0827. The Morgan fingerprint density at radius 1 is 1.37 bits per heavy atom. The molecule has 2 aromatic rings. The van der Waals surface area contributed by atoms with E-state index in [2.05, 4.69) is 5.32 Å². The lowest BCUT2D eigenvalue weighted by atomic mass is 10.2. The Balaban J connectivity index is 2.07. The van der Waals surface area contributed by atoms with E-state index in [9.17, 15) is 4.79 Å². The van der Waals surface area contributed by atoms with Gasteiger partial charge in [0, 0.05) is 35.9 Å². The zero-order chi connectivity index (χ0) is 13.8. The number of anilines is 2. The van der Waals surface area contributed by atoms with Crippen molar-refractivity contribution in [2.75, 3.05) is 25.1 Å². The molecule has 0 saturated carbocycles. The molecule has 1 aromatic carbocycles. The number of carbonyl (C=O) groups is 1. The van der Waals surface area contributed by atoms with Crippen molar-refractivity contribution in [1.82, 2.24) is 4.90 Å². The van der Waals surface area contributed by atoms with Gasteiger partial charge >= 0.3 is 0 Å². The first kappa shape index (κ1) is 13.4. The van der Waals surface area contributed by atoms with Crippen molar-refractivity contribution in [2.45, 2.75) is 6.54 Å². The van der Waals surface area contributed by atoms with Crippen molar-refractivity contribution in [2.24, 2.45) is 0 Å². The summed E-state index contributed by atoms with van der Waals surface area (Å²) >= 11 is 1.62. The summed E-state index contributed by atoms with van der Waals surface area (Å²) in [4.78, 5) is 14.5. The summed E-state index contributed by atoms with van der Waals surface area (Å²) in [6.07, 6.45) is 0. The molecular formula is C14H17N3OS. The molecule has 1 heterocycles. The van der Waals surface area contributed by atoms with Crippen molar-refractivity contribution in [1.29, 1.82) is 0 Å². The number of hydrogen-bond acceptors (Lipinski definition) is 4. The average molecular weight is 275 g/mol. The number of thiophene rings is 1. The number of nitrogens with one attached hydrogen (secondary N) is 1. The van der Waals surface area contributed by atoms with E-state index in [0.717, 1.165) is 16.3 Å². The monoisotopic (exact) mass is 275 g/mol. The molecule has 0 spiro atoms. The maximum Gasteiger partial charge on any atom is 0.253 e. The second-order valence-electron chi connectivity index (χ2n) is 4.43. The van der Waals surface area contributed by atoms with Crippen LogP contribution in [0.2, 0.25) is 0 Å². The quantitative estimate of drug-likeness (QED) is 0.902. The Morgan fingerprint density at radius 2 is 2.16 bits per heavy atom. The standard InChI is InChI=1S/C14H17N3OS/c1-17(2)14(18)10-4-3-5-11(8-10)16-9-13-12(15)6-7-19-13/h3-8,16H,9,15H2,1-2H3. The minimum atomic E-state index is -0.000660. The zero-order valence-electron chi connectivity index (χ0n) is 11.0. The normalized spacial score (nSPS) is 10.2. The lowest BCUT2D eigenvalue weighted by Gasteiger charge is -2.12. The second kappa shape index (κ2) is 5.75. The van der Waals surface area contributed by atoms with E-state index >= 15 is 0 Å². The minimum absolute atomic E-state index is 0.000660. The molecule has 0 unspecified atom stereocenters. The highest BCUT2D eigenvalue weighted by Crippen LogP contribution is 2.20. The van der Waals surface area contributed by atoms with E-state index in [4.69, 9.17) is 5.73 Å². The zero-order valence-corrected chi connectivity index (χ0v) is 11.8. The van der Waals surface area contributed by atoms with Crippen molar-refractivity contribution < 1.29 is 4.79 Å². The van der Waals surface area contributed by atoms with Gasteiger partial charge in [0.2, 0.25) is 0 Å². The summed E-state index contributed by atoms with van der Waals surface area (Å²) in [6.45, 7) is 0.670. The van der Waals surface area contributed by atoms with Crippen molar-refractivity contribution in [3.05, 3.63) is 46.2 Å². The van der Waals surface area contributed by atoms with Gasteiger partial charge in [0.25, 0.3) is 5.91 Å². The van der Waals surface area contributed by atoms with E-state index in [0.29, 0.717) is 12.1 Å². The fourth-order valence-electron chi connectivity index (χ4n) is 1.70. The Bertz CT molecular complexity index is 578. The summed E-state index contributed by atoms with van der Waals surface area (Å²) in [5.74, 6) is -0.000660. The number of nitrogens with zero attached hydrogens (tertiary/aromatic N) is 1. The molecule has 100 valence electrons. The third-order valence-corrected chi connectivity index (χ3v) is 3.69. The Kier molecular flexibility index (Phi) is 4.06. The highest BCUT2D eigenvalue weighted by Gasteiger charge is 2.08. The van der Waals surface area contributed by atoms with E-state index in [1.807, 2.05) is 35.7 Å². The molecule has 3 N–H and O–H groups in total. The van der Waals surface area contributed by atoms with Crippen LogP contribution in [-0.2, 0) is 6.54 Å². The van der Waals surface area contributed by atoms with Gasteiger partial charge in [-0.2, -0.15) is 0 Å². The summed E-state index contributed by atoms with van der Waals surface area (Å²) in [7, 11) is 3.49. The highest BCUT2D eigenvalue weighted by molar-refractivity contribution is 7.10. The number of amides is 1. The number of hydrogen-bond donors (Lipinski definition) is 2. The van der Waals surface area contributed by atoms with Crippen LogP contribution in [0.3, 0.4) is 0 Å². The maximum atomic E-state index is 11.9. The highest BCUT2D eigenvalue weighted by atomic mass is 32.1. The van der Waals surface area contributed by atoms with Crippen molar-refractivity contribution >= 4 is 28.6 Å². The third-order valence-electron chi connectivity index (χ3n) is 2.75. The van der Waals surface area contributed by atoms with Crippen LogP contribution >= 0.6 is 11.3 Å². The molecule has 5 heteroatoms. The van der Waals surface area contributed by atoms with Crippen molar-refractivity contribution in [3.63, 3.8) is 0 Å². The predicted octanol–water partition coefficient (Wildman–Crippen LogP) is 2.64. The predicted molar refractivity (Wildman–Crippen MR) is 80.5 cm³/mol.